The molecule has 0 radical (unpaired) electrons. The van der Waals surface area contributed by atoms with Gasteiger partial charge in [-0.15, -0.1) is 11.6 Å². The minimum absolute atomic E-state index is 0.152. The summed E-state index contributed by atoms with van der Waals surface area (Å²) in [5.41, 5.74) is 0. The third kappa shape index (κ3) is 9.12. The average Bonchev–Trinajstić information content (AvgIpc) is 1.93. The molecule has 0 saturated carbocycles. The highest BCUT2D eigenvalue weighted by molar-refractivity contribution is 7.60. The molecule has 0 saturated heterocycles. The van der Waals surface area contributed by atoms with Crippen molar-refractivity contribution in [3.05, 3.63) is 0 Å². The van der Waals surface area contributed by atoms with E-state index in [1.807, 2.05) is 0 Å². The average molecular weight is 269 g/mol. The second-order valence-electron chi connectivity index (χ2n) is 2.27. The lowest BCUT2D eigenvalue weighted by Crippen LogP contribution is -1.96. The number of hydrogen-bond acceptors (Lipinski definition) is 4. The molecule has 0 aliphatic rings. The van der Waals surface area contributed by atoms with Crippen molar-refractivity contribution in [2.75, 3.05) is 12.5 Å². The highest BCUT2D eigenvalue weighted by atomic mass is 35.5. The van der Waals surface area contributed by atoms with E-state index in [1.165, 1.54) is 0 Å². The number of rotatable bonds is 7. The first-order valence-electron chi connectivity index (χ1n) is 3.57. The first kappa shape index (κ1) is 14.6. The van der Waals surface area contributed by atoms with Gasteiger partial charge in [-0.1, -0.05) is 0 Å². The zero-order valence-electron chi connectivity index (χ0n) is 7.08. The largest absolute Gasteiger partial charge is 0.481 e. The van der Waals surface area contributed by atoms with Crippen LogP contribution in [0.25, 0.3) is 0 Å². The monoisotopic (exact) mass is 268 g/mol. The van der Waals surface area contributed by atoms with Gasteiger partial charge in [0.25, 0.3) is 0 Å². The smallest absolute Gasteiger partial charge is 0.302 e. The summed E-state index contributed by atoms with van der Waals surface area (Å²) in [6, 6.07) is 0. The van der Waals surface area contributed by atoms with Gasteiger partial charge in [-0.05, 0) is 12.8 Å². The molecule has 86 valence electrons. The Hall–Kier alpha value is 0.550. The number of phosphoric ester groups is 1. The Morgan fingerprint density at radius 3 is 2.14 bits per heavy atom. The van der Waals surface area contributed by atoms with Gasteiger partial charge in [-0.2, -0.15) is 4.31 Å². The first-order valence-corrected chi connectivity index (χ1v) is 7.13. The normalized spacial score (nSPS) is 16.6. The lowest BCUT2D eigenvalue weighted by atomic mass is 10.4. The van der Waals surface area contributed by atoms with Gasteiger partial charge in [-0.25, -0.2) is 9.13 Å². The van der Waals surface area contributed by atoms with Gasteiger partial charge in [0.1, 0.15) is 0 Å². The molecule has 0 rings (SSSR count). The minimum atomic E-state index is -5.01. The van der Waals surface area contributed by atoms with Crippen LogP contribution in [0.15, 0.2) is 0 Å². The molecule has 0 aromatic heterocycles. The maximum atomic E-state index is 10.8. The standard InChI is InChI=1S/C4H11ClO7P2/c5-3-1-2-4-11-14(9,10)12-13(6,7)8/h1-4H2,(H,9,10)(H2,6,7,8). The molecule has 14 heavy (non-hydrogen) atoms. The Balaban J connectivity index is 3.85. The quantitative estimate of drug-likeness (QED) is 0.361. The molecule has 0 amide bonds. The van der Waals surface area contributed by atoms with Crippen LogP contribution in [0.1, 0.15) is 12.8 Å². The first-order chi connectivity index (χ1) is 6.27. The lowest BCUT2D eigenvalue weighted by Gasteiger charge is -2.11. The second kappa shape index (κ2) is 6.20. The van der Waals surface area contributed by atoms with Crippen LogP contribution >= 0.6 is 27.2 Å². The van der Waals surface area contributed by atoms with Gasteiger partial charge < -0.3 is 14.7 Å². The van der Waals surface area contributed by atoms with E-state index < -0.39 is 15.6 Å². The van der Waals surface area contributed by atoms with E-state index in [2.05, 4.69) is 8.83 Å². The van der Waals surface area contributed by atoms with E-state index in [0.717, 1.165) is 0 Å². The van der Waals surface area contributed by atoms with E-state index in [-0.39, 0.29) is 6.61 Å². The number of alkyl halides is 1. The molecule has 0 aliphatic heterocycles. The van der Waals surface area contributed by atoms with Crippen molar-refractivity contribution < 1.29 is 32.6 Å². The number of phosphoric acid groups is 2. The zero-order chi connectivity index (χ0) is 11.2. The molecule has 0 bridgehead atoms. The Morgan fingerprint density at radius 1 is 1.14 bits per heavy atom. The van der Waals surface area contributed by atoms with Crippen LogP contribution in [0, 0.1) is 0 Å². The molecule has 0 fully saturated rings. The SMILES string of the molecule is O=P(O)(O)OP(=O)(O)OCCCCCl. The third-order valence-corrected chi connectivity index (χ3v) is 3.44. The summed E-state index contributed by atoms with van der Waals surface area (Å²) in [5.74, 6) is 0.373. The minimum Gasteiger partial charge on any atom is -0.302 e. The van der Waals surface area contributed by atoms with Gasteiger partial charge in [0.15, 0.2) is 0 Å². The van der Waals surface area contributed by atoms with Crippen LogP contribution in [-0.4, -0.2) is 27.2 Å². The van der Waals surface area contributed by atoms with Gasteiger partial charge in [0.05, 0.1) is 6.61 Å². The van der Waals surface area contributed by atoms with Gasteiger partial charge in [0.2, 0.25) is 0 Å². The summed E-state index contributed by atoms with van der Waals surface area (Å²) in [4.78, 5) is 25.2. The molecule has 0 heterocycles. The summed E-state index contributed by atoms with van der Waals surface area (Å²) in [7, 11) is -9.67. The fourth-order valence-electron chi connectivity index (χ4n) is 0.534. The molecule has 7 nitrogen and oxygen atoms in total. The topological polar surface area (TPSA) is 113 Å². The molecular formula is C4H11ClO7P2. The third-order valence-electron chi connectivity index (χ3n) is 0.992. The summed E-state index contributed by atoms with van der Waals surface area (Å²) in [6.07, 6.45) is 0.968. The molecular weight excluding hydrogens is 257 g/mol. The Morgan fingerprint density at radius 2 is 1.71 bits per heavy atom. The van der Waals surface area contributed by atoms with Crippen LogP contribution in [0.5, 0.6) is 0 Å². The summed E-state index contributed by atoms with van der Waals surface area (Å²) < 4.78 is 28.7. The van der Waals surface area contributed by atoms with Crippen LogP contribution < -0.4 is 0 Å². The highest BCUT2D eigenvalue weighted by Crippen LogP contribution is 2.57. The molecule has 0 aliphatic carbocycles. The van der Waals surface area contributed by atoms with Crippen LogP contribution in [0.3, 0.4) is 0 Å². The molecule has 1 unspecified atom stereocenters. The Bertz CT molecular complexity index is 250. The fourth-order valence-corrected chi connectivity index (χ4v) is 2.35. The Kier molecular flexibility index (Phi) is 6.45. The zero-order valence-corrected chi connectivity index (χ0v) is 9.62. The molecule has 0 aromatic carbocycles. The Labute approximate surface area is 85.8 Å². The van der Waals surface area contributed by atoms with Gasteiger partial charge in [0, 0.05) is 5.88 Å². The van der Waals surface area contributed by atoms with E-state index in [4.69, 9.17) is 26.3 Å². The highest BCUT2D eigenvalue weighted by Gasteiger charge is 2.31. The molecule has 10 heteroatoms. The molecule has 0 spiro atoms. The van der Waals surface area contributed by atoms with E-state index in [0.29, 0.717) is 18.7 Å². The van der Waals surface area contributed by atoms with Crippen LogP contribution in [0.2, 0.25) is 0 Å². The van der Waals surface area contributed by atoms with Crippen molar-refractivity contribution in [1.82, 2.24) is 0 Å². The number of halogens is 1. The molecule has 1 atom stereocenters. The number of unbranched alkanes of at least 4 members (excludes halogenated alkanes) is 1. The summed E-state index contributed by atoms with van der Waals surface area (Å²) in [5, 5.41) is 0. The van der Waals surface area contributed by atoms with Gasteiger partial charge >= 0.3 is 15.6 Å². The van der Waals surface area contributed by atoms with Crippen molar-refractivity contribution in [3.8, 4) is 0 Å². The van der Waals surface area contributed by atoms with E-state index in [1.54, 1.807) is 0 Å². The van der Waals surface area contributed by atoms with Crippen LogP contribution in [0.4, 0.5) is 0 Å². The van der Waals surface area contributed by atoms with Crippen LogP contribution in [-0.2, 0) is 18.0 Å². The maximum absolute atomic E-state index is 10.8. The van der Waals surface area contributed by atoms with E-state index >= 15 is 0 Å². The molecule has 0 aromatic rings. The summed E-state index contributed by atoms with van der Waals surface area (Å²) >= 11 is 5.32. The van der Waals surface area contributed by atoms with Crippen molar-refractivity contribution in [2.24, 2.45) is 0 Å². The second-order valence-corrected chi connectivity index (χ2v) is 5.48. The lowest BCUT2D eigenvalue weighted by molar-refractivity contribution is 0.177. The van der Waals surface area contributed by atoms with E-state index in [9.17, 15) is 9.13 Å². The van der Waals surface area contributed by atoms with Crippen molar-refractivity contribution >= 4 is 27.2 Å². The molecule has 3 N–H and O–H groups in total. The fraction of sp³-hybridized carbons (Fsp3) is 1.00. The van der Waals surface area contributed by atoms with Crippen molar-refractivity contribution in [1.29, 1.82) is 0 Å². The number of hydrogen-bond donors (Lipinski definition) is 3. The predicted octanol–water partition coefficient (Wildman–Crippen LogP) is 1.23. The maximum Gasteiger partial charge on any atom is 0.481 e. The van der Waals surface area contributed by atoms with Gasteiger partial charge in [-0.3, -0.25) is 4.52 Å². The predicted molar refractivity (Wildman–Crippen MR) is 48.9 cm³/mol. The van der Waals surface area contributed by atoms with Crippen molar-refractivity contribution in [3.63, 3.8) is 0 Å². The summed E-state index contributed by atoms with van der Waals surface area (Å²) in [6.45, 7) is -0.152. The van der Waals surface area contributed by atoms with Crippen molar-refractivity contribution in [2.45, 2.75) is 12.8 Å².